The lowest BCUT2D eigenvalue weighted by molar-refractivity contribution is 0.617. The van der Waals surface area contributed by atoms with Crippen molar-refractivity contribution < 1.29 is 4.39 Å². The number of anilines is 3. The van der Waals surface area contributed by atoms with Crippen LogP contribution in [0, 0.1) is 5.82 Å². The molecule has 0 spiro atoms. The molecule has 0 amide bonds. The van der Waals surface area contributed by atoms with Gasteiger partial charge in [-0.2, -0.15) is 4.98 Å². The van der Waals surface area contributed by atoms with Gasteiger partial charge in [-0.3, -0.25) is 9.78 Å². The van der Waals surface area contributed by atoms with Crippen molar-refractivity contribution in [1.29, 1.82) is 0 Å². The second-order valence-electron chi connectivity index (χ2n) is 5.07. The number of rotatable bonds is 5. The first-order valence-corrected chi connectivity index (χ1v) is 7.27. The molecule has 0 aliphatic carbocycles. The van der Waals surface area contributed by atoms with E-state index in [4.69, 9.17) is 0 Å². The van der Waals surface area contributed by atoms with Crippen LogP contribution in [0.3, 0.4) is 0 Å². The van der Waals surface area contributed by atoms with Gasteiger partial charge in [-0.1, -0.05) is 0 Å². The Labute approximate surface area is 137 Å². The van der Waals surface area contributed by atoms with Crippen LogP contribution in [-0.4, -0.2) is 19.9 Å². The SMILES string of the molecule is CC(Nc1ccnc(Nc2ccc[nH]c2=O)n1)c1ccc(F)cn1. The van der Waals surface area contributed by atoms with Gasteiger partial charge in [-0.15, -0.1) is 0 Å². The highest BCUT2D eigenvalue weighted by Gasteiger charge is 2.09. The molecule has 0 aliphatic heterocycles. The standard InChI is InChI=1S/C16H15FN6O/c1-10(12-5-4-11(17)9-20-12)21-14-6-8-19-16(23-14)22-13-3-2-7-18-15(13)24/h2-10H,1H3,(H,18,24)(H2,19,21,22,23). The first kappa shape index (κ1) is 15.6. The molecule has 8 heteroatoms. The monoisotopic (exact) mass is 326 g/mol. The lowest BCUT2D eigenvalue weighted by atomic mass is 10.2. The van der Waals surface area contributed by atoms with Crippen molar-refractivity contribution >= 4 is 17.5 Å². The number of aromatic nitrogens is 4. The van der Waals surface area contributed by atoms with Crippen LogP contribution in [0.15, 0.2) is 53.7 Å². The number of hydrogen-bond donors (Lipinski definition) is 3. The van der Waals surface area contributed by atoms with Crippen LogP contribution in [0.5, 0.6) is 0 Å². The van der Waals surface area contributed by atoms with Gasteiger partial charge in [0.2, 0.25) is 5.95 Å². The van der Waals surface area contributed by atoms with Gasteiger partial charge in [-0.05, 0) is 37.3 Å². The van der Waals surface area contributed by atoms with Crippen LogP contribution >= 0.6 is 0 Å². The van der Waals surface area contributed by atoms with E-state index in [1.165, 1.54) is 12.3 Å². The maximum atomic E-state index is 12.9. The number of pyridine rings is 2. The highest BCUT2D eigenvalue weighted by atomic mass is 19.1. The summed E-state index contributed by atoms with van der Waals surface area (Å²) in [5.41, 5.74) is 0.773. The topological polar surface area (TPSA) is 95.6 Å². The lowest BCUT2D eigenvalue weighted by Crippen LogP contribution is -2.13. The van der Waals surface area contributed by atoms with Gasteiger partial charge in [0, 0.05) is 12.4 Å². The van der Waals surface area contributed by atoms with Crippen LogP contribution in [-0.2, 0) is 0 Å². The van der Waals surface area contributed by atoms with E-state index in [0.29, 0.717) is 17.2 Å². The normalized spacial score (nSPS) is 11.8. The minimum Gasteiger partial charge on any atom is -0.362 e. The molecule has 0 saturated heterocycles. The fraction of sp³-hybridized carbons (Fsp3) is 0.125. The average molecular weight is 326 g/mol. The molecule has 1 unspecified atom stereocenters. The molecule has 0 bridgehead atoms. The molecule has 0 aliphatic rings. The zero-order valence-electron chi connectivity index (χ0n) is 12.8. The molecule has 24 heavy (non-hydrogen) atoms. The van der Waals surface area contributed by atoms with Gasteiger partial charge in [0.25, 0.3) is 5.56 Å². The molecule has 3 heterocycles. The molecular weight excluding hydrogens is 311 g/mol. The van der Waals surface area contributed by atoms with Crippen molar-refractivity contribution in [1.82, 2.24) is 19.9 Å². The number of hydrogen-bond acceptors (Lipinski definition) is 6. The molecule has 122 valence electrons. The third-order valence-corrected chi connectivity index (χ3v) is 3.28. The maximum absolute atomic E-state index is 12.9. The van der Waals surface area contributed by atoms with E-state index in [2.05, 4.69) is 30.6 Å². The van der Waals surface area contributed by atoms with Crippen molar-refractivity contribution in [3.8, 4) is 0 Å². The predicted molar refractivity (Wildman–Crippen MR) is 88.6 cm³/mol. The Morgan fingerprint density at radius 1 is 1.21 bits per heavy atom. The van der Waals surface area contributed by atoms with Gasteiger partial charge in [0.05, 0.1) is 17.9 Å². The Bertz CT molecular complexity index is 880. The number of halogens is 1. The molecule has 0 radical (unpaired) electrons. The van der Waals surface area contributed by atoms with Gasteiger partial charge in [-0.25, -0.2) is 9.37 Å². The van der Waals surface area contributed by atoms with Gasteiger partial charge < -0.3 is 15.6 Å². The molecule has 0 saturated carbocycles. The summed E-state index contributed by atoms with van der Waals surface area (Å²) < 4.78 is 12.9. The molecule has 1 atom stereocenters. The third-order valence-electron chi connectivity index (χ3n) is 3.28. The van der Waals surface area contributed by atoms with Crippen LogP contribution in [0.4, 0.5) is 21.8 Å². The second kappa shape index (κ2) is 6.86. The second-order valence-corrected chi connectivity index (χ2v) is 5.07. The summed E-state index contributed by atoms with van der Waals surface area (Å²) in [5.74, 6) is 0.460. The lowest BCUT2D eigenvalue weighted by Gasteiger charge is -2.14. The van der Waals surface area contributed by atoms with Crippen molar-refractivity contribution in [2.24, 2.45) is 0 Å². The Hall–Kier alpha value is -3.29. The molecule has 3 aromatic heterocycles. The van der Waals surface area contributed by atoms with Crippen molar-refractivity contribution in [2.75, 3.05) is 10.6 Å². The number of nitrogens with one attached hydrogen (secondary N) is 3. The fourth-order valence-corrected chi connectivity index (χ4v) is 2.08. The highest BCUT2D eigenvalue weighted by Crippen LogP contribution is 2.17. The number of nitrogens with zero attached hydrogens (tertiary/aromatic N) is 3. The number of aromatic amines is 1. The first-order valence-electron chi connectivity index (χ1n) is 7.27. The molecule has 7 nitrogen and oxygen atoms in total. The Kier molecular flexibility index (Phi) is 4.46. The molecule has 3 rings (SSSR count). The molecule has 0 fully saturated rings. The van der Waals surface area contributed by atoms with E-state index in [0.717, 1.165) is 0 Å². The van der Waals surface area contributed by atoms with Crippen LogP contribution in [0.1, 0.15) is 18.7 Å². The van der Waals surface area contributed by atoms with Gasteiger partial charge in [0.15, 0.2) is 0 Å². The van der Waals surface area contributed by atoms with Crippen LogP contribution in [0.2, 0.25) is 0 Å². The summed E-state index contributed by atoms with van der Waals surface area (Å²) in [6, 6.07) is 7.82. The summed E-state index contributed by atoms with van der Waals surface area (Å²) in [7, 11) is 0. The smallest absolute Gasteiger partial charge is 0.271 e. The van der Waals surface area contributed by atoms with E-state index in [-0.39, 0.29) is 23.4 Å². The summed E-state index contributed by atoms with van der Waals surface area (Å²) >= 11 is 0. The third kappa shape index (κ3) is 3.72. The average Bonchev–Trinajstić information content (AvgIpc) is 2.58. The zero-order valence-corrected chi connectivity index (χ0v) is 12.8. The quantitative estimate of drug-likeness (QED) is 0.667. The van der Waals surface area contributed by atoms with E-state index in [9.17, 15) is 9.18 Å². The van der Waals surface area contributed by atoms with E-state index >= 15 is 0 Å². The number of H-pyrrole nitrogens is 1. The van der Waals surface area contributed by atoms with E-state index in [1.807, 2.05) is 6.92 Å². The molecule has 0 aromatic carbocycles. The highest BCUT2D eigenvalue weighted by molar-refractivity contribution is 5.53. The van der Waals surface area contributed by atoms with Gasteiger partial charge >= 0.3 is 0 Å². The Morgan fingerprint density at radius 3 is 2.83 bits per heavy atom. The summed E-state index contributed by atoms with van der Waals surface area (Å²) in [5, 5.41) is 6.02. The summed E-state index contributed by atoms with van der Waals surface area (Å²) in [6.07, 6.45) is 4.28. The van der Waals surface area contributed by atoms with Crippen LogP contribution in [0.25, 0.3) is 0 Å². The van der Waals surface area contributed by atoms with E-state index < -0.39 is 0 Å². The molecule has 3 N–H and O–H groups in total. The summed E-state index contributed by atoms with van der Waals surface area (Å²) in [6.45, 7) is 1.89. The Balaban J connectivity index is 1.74. The minimum atomic E-state index is -0.382. The first-order chi connectivity index (χ1) is 11.6. The minimum absolute atomic E-state index is 0.173. The largest absolute Gasteiger partial charge is 0.362 e. The zero-order chi connectivity index (χ0) is 16.9. The van der Waals surface area contributed by atoms with Crippen molar-refractivity contribution in [2.45, 2.75) is 13.0 Å². The summed E-state index contributed by atoms with van der Waals surface area (Å²) in [4.78, 5) is 26.7. The van der Waals surface area contributed by atoms with E-state index in [1.54, 1.807) is 36.7 Å². The fourth-order valence-electron chi connectivity index (χ4n) is 2.08. The van der Waals surface area contributed by atoms with Gasteiger partial charge in [0.1, 0.15) is 17.3 Å². The predicted octanol–water partition coefficient (Wildman–Crippen LogP) is 2.62. The Morgan fingerprint density at radius 2 is 2.08 bits per heavy atom. The van der Waals surface area contributed by atoms with Crippen molar-refractivity contribution in [3.05, 3.63) is 70.8 Å². The molecule has 3 aromatic rings. The molecular formula is C16H15FN6O. The van der Waals surface area contributed by atoms with Crippen LogP contribution < -0.4 is 16.2 Å². The van der Waals surface area contributed by atoms with Crippen molar-refractivity contribution in [3.63, 3.8) is 0 Å². The maximum Gasteiger partial charge on any atom is 0.271 e.